The van der Waals surface area contributed by atoms with E-state index in [0.717, 1.165) is 27.4 Å². The lowest BCUT2D eigenvalue weighted by Gasteiger charge is -2.16. The van der Waals surface area contributed by atoms with Crippen LogP contribution in [0.2, 0.25) is 0 Å². The zero-order valence-corrected chi connectivity index (χ0v) is 15.7. The fourth-order valence-corrected chi connectivity index (χ4v) is 3.08. The van der Waals surface area contributed by atoms with Crippen LogP contribution < -0.4 is 14.8 Å². The predicted octanol–water partition coefficient (Wildman–Crippen LogP) is 4.80. The van der Waals surface area contributed by atoms with Crippen molar-refractivity contribution in [3.63, 3.8) is 0 Å². The highest BCUT2D eigenvalue weighted by Crippen LogP contribution is 2.26. The molecule has 0 saturated carbocycles. The van der Waals surface area contributed by atoms with Crippen molar-refractivity contribution in [1.82, 2.24) is 4.98 Å². The molecule has 0 saturated heterocycles. The van der Waals surface area contributed by atoms with Crippen LogP contribution in [0.5, 0.6) is 11.5 Å². The topological polar surface area (TPSA) is 60.5 Å². The van der Waals surface area contributed by atoms with Crippen molar-refractivity contribution < 1.29 is 14.3 Å². The first-order chi connectivity index (χ1) is 13.6. The Bertz CT molecular complexity index is 1150. The van der Waals surface area contributed by atoms with Crippen molar-refractivity contribution in [2.45, 2.75) is 13.0 Å². The van der Waals surface area contributed by atoms with Crippen molar-refractivity contribution in [1.29, 1.82) is 0 Å². The second kappa shape index (κ2) is 7.56. The van der Waals surface area contributed by atoms with Gasteiger partial charge in [-0.3, -0.25) is 9.78 Å². The largest absolute Gasteiger partial charge is 0.497 e. The molecule has 1 atom stereocenters. The van der Waals surface area contributed by atoms with Crippen LogP contribution in [-0.2, 0) is 4.79 Å². The molecule has 1 N–H and O–H groups in total. The van der Waals surface area contributed by atoms with Gasteiger partial charge in [-0.25, -0.2) is 0 Å². The van der Waals surface area contributed by atoms with Gasteiger partial charge in [0.1, 0.15) is 11.5 Å². The van der Waals surface area contributed by atoms with Crippen LogP contribution in [0.1, 0.15) is 6.92 Å². The van der Waals surface area contributed by atoms with E-state index >= 15 is 0 Å². The number of nitrogens with zero attached hydrogens (tertiary/aromatic N) is 1. The van der Waals surface area contributed by atoms with Crippen molar-refractivity contribution >= 4 is 33.3 Å². The summed E-state index contributed by atoms with van der Waals surface area (Å²) in [5, 5.41) is 5.84. The third kappa shape index (κ3) is 3.60. The fourth-order valence-electron chi connectivity index (χ4n) is 3.08. The number of fused-ring (bicyclic) bond motifs is 2. The Kier molecular flexibility index (Phi) is 4.81. The molecule has 1 heterocycles. The normalized spacial score (nSPS) is 11.9. The number of pyridine rings is 1. The third-order valence-electron chi connectivity index (χ3n) is 4.58. The Morgan fingerprint density at radius 3 is 2.68 bits per heavy atom. The number of carbonyl (C=O) groups excluding carboxylic acids is 1. The molecule has 4 rings (SSSR count). The zero-order chi connectivity index (χ0) is 19.5. The number of rotatable bonds is 5. The van der Waals surface area contributed by atoms with Gasteiger partial charge in [0, 0.05) is 16.8 Å². The third-order valence-corrected chi connectivity index (χ3v) is 4.58. The highest BCUT2D eigenvalue weighted by molar-refractivity contribution is 5.96. The molecule has 5 heteroatoms. The maximum absolute atomic E-state index is 12.6. The molecule has 0 fully saturated rings. The van der Waals surface area contributed by atoms with Gasteiger partial charge >= 0.3 is 0 Å². The summed E-state index contributed by atoms with van der Waals surface area (Å²) in [5.41, 5.74) is 1.42. The van der Waals surface area contributed by atoms with Crippen LogP contribution in [0, 0.1) is 0 Å². The van der Waals surface area contributed by atoms with Gasteiger partial charge in [-0.2, -0.15) is 0 Å². The summed E-state index contributed by atoms with van der Waals surface area (Å²) in [6, 6.07) is 21.2. The summed E-state index contributed by atoms with van der Waals surface area (Å²) >= 11 is 0. The quantitative estimate of drug-likeness (QED) is 0.546. The van der Waals surface area contributed by atoms with E-state index in [2.05, 4.69) is 10.3 Å². The molecule has 5 nitrogen and oxygen atoms in total. The van der Waals surface area contributed by atoms with Gasteiger partial charge < -0.3 is 14.8 Å². The molecule has 1 unspecified atom stereocenters. The van der Waals surface area contributed by atoms with Crippen molar-refractivity contribution in [2.24, 2.45) is 0 Å². The smallest absolute Gasteiger partial charge is 0.265 e. The van der Waals surface area contributed by atoms with Gasteiger partial charge in [0.25, 0.3) is 5.91 Å². The first-order valence-electron chi connectivity index (χ1n) is 9.03. The maximum Gasteiger partial charge on any atom is 0.265 e. The predicted molar refractivity (Wildman–Crippen MR) is 111 cm³/mol. The molecule has 0 spiro atoms. The van der Waals surface area contributed by atoms with Crippen LogP contribution in [0.15, 0.2) is 72.9 Å². The first kappa shape index (κ1) is 17.8. The lowest BCUT2D eigenvalue weighted by molar-refractivity contribution is -0.122. The number of hydrogen-bond acceptors (Lipinski definition) is 4. The molecular formula is C23H20N2O3. The summed E-state index contributed by atoms with van der Waals surface area (Å²) in [4.78, 5) is 17.0. The summed E-state index contributed by atoms with van der Waals surface area (Å²) in [6.45, 7) is 1.73. The van der Waals surface area contributed by atoms with E-state index in [-0.39, 0.29) is 5.91 Å². The summed E-state index contributed by atoms with van der Waals surface area (Å²) in [5.74, 6) is 1.20. The van der Waals surface area contributed by atoms with Gasteiger partial charge in [0.2, 0.25) is 0 Å². The number of methoxy groups -OCH3 is 1. The van der Waals surface area contributed by atoms with Gasteiger partial charge in [0.05, 0.1) is 24.5 Å². The Balaban J connectivity index is 1.50. The molecule has 4 aromatic rings. The molecule has 0 aliphatic carbocycles. The lowest BCUT2D eigenvalue weighted by atomic mass is 10.1. The van der Waals surface area contributed by atoms with Gasteiger partial charge in [-0.1, -0.05) is 36.4 Å². The second-order valence-corrected chi connectivity index (χ2v) is 6.51. The standard InChI is InChI=1S/C23H20N2O3/c1-15(28-22-9-5-7-16-6-3-4-8-20(16)22)23(26)25-18-12-17-10-11-19(27-2)13-21(17)24-14-18/h3-15H,1-2H3,(H,25,26). The average Bonchev–Trinajstić information content (AvgIpc) is 2.73. The van der Waals surface area contributed by atoms with Crippen LogP contribution in [0.25, 0.3) is 21.7 Å². The molecular weight excluding hydrogens is 352 g/mol. The molecule has 0 aliphatic heterocycles. The van der Waals surface area contributed by atoms with E-state index in [1.807, 2.05) is 66.7 Å². The summed E-state index contributed by atoms with van der Waals surface area (Å²) in [7, 11) is 1.62. The number of ether oxygens (including phenoxy) is 2. The minimum absolute atomic E-state index is 0.234. The number of hydrogen-bond donors (Lipinski definition) is 1. The average molecular weight is 372 g/mol. The van der Waals surface area contributed by atoms with E-state index in [0.29, 0.717) is 11.4 Å². The number of amides is 1. The van der Waals surface area contributed by atoms with Crippen LogP contribution >= 0.6 is 0 Å². The van der Waals surface area contributed by atoms with E-state index in [1.54, 1.807) is 20.2 Å². The first-order valence-corrected chi connectivity index (χ1v) is 9.03. The zero-order valence-electron chi connectivity index (χ0n) is 15.7. The second-order valence-electron chi connectivity index (χ2n) is 6.51. The summed E-state index contributed by atoms with van der Waals surface area (Å²) < 4.78 is 11.1. The Morgan fingerprint density at radius 2 is 1.82 bits per heavy atom. The van der Waals surface area contributed by atoms with Gasteiger partial charge in [-0.05, 0) is 36.6 Å². The van der Waals surface area contributed by atoms with E-state index in [9.17, 15) is 4.79 Å². The van der Waals surface area contributed by atoms with Crippen LogP contribution in [0.4, 0.5) is 5.69 Å². The van der Waals surface area contributed by atoms with Crippen molar-refractivity contribution in [3.05, 3.63) is 72.9 Å². The number of aromatic nitrogens is 1. The van der Waals surface area contributed by atoms with Crippen LogP contribution in [-0.4, -0.2) is 24.1 Å². The number of anilines is 1. The molecule has 3 aromatic carbocycles. The minimum atomic E-state index is -0.655. The van der Waals surface area contributed by atoms with E-state index < -0.39 is 6.10 Å². The van der Waals surface area contributed by atoms with E-state index in [1.165, 1.54) is 0 Å². The Labute approximate surface area is 162 Å². The minimum Gasteiger partial charge on any atom is -0.497 e. The molecule has 0 bridgehead atoms. The van der Waals surface area contributed by atoms with E-state index in [4.69, 9.17) is 9.47 Å². The number of carbonyl (C=O) groups is 1. The lowest BCUT2D eigenvalue weighted by Crippen LogP contribution is -2.30. The molecule has 0 radical (unpaired) electrons. The monoisotopic (exact) mass is 372 g/mol. The molecule has 1 amide bonds. The summed E-state index contributed by atoms with van der Waals surface area (Å²) in [6.07, 6.45) is 0.974. The van der Waals surface area contributed by atoms with Gasteiger partial charge in [-0.15, -0.1) is 0 Å². The van der Waals surface area contributed by atoms with Crippen molar-refractivity contribution in [3.8, 4) is 11.5 Å². The molecule has 28 heavy (non-hydrogen) atoms. The Morgan fingerprint density at radius 1 is 1.00 bits per heavy atom. The van der Waals surface area contributed by atoms with Crippen LogP contribution in [0.3, 0.4) is 0 Å². The number of nitrogens with one attached hydrogen (secondary N) is 1. The fraction of sp³-hybridized carbons (Fsp3) is 0.130. The highest BCUT2D eigenvalue weighted by Gasteiger charge is 2.16. The molecule has 0 aliphatic rings. The molecule has 140 valence electrons. The highest BCUT2D eigenvalue weighted by atomic mass is 16.5. The molecule has 1 aromatic heterocycles. The SMILES string of the molecule is COc1ccc2cc(NC(=O)C(C)Oc3cccc4ccccc34)cnc2c1. The Hall–Kier alpha value is -3.60. The number of benzene rings is 3. The van der Waals surface area contributed by atoms with Gasteiger partial charge in [0.15, 0.2) is 6.10 Å². The maximum atomic E-state index is 12.6. The van der Waals surface area contributed by atoms with Crippen molar-refractivity contribution in [2.75, 3.05) is 12.4 Å².